The number of hydrogen-bond donors (Lipinski definition) is 1. The van der Waals surface area contributed by atoms with Gasteiger partial charge in [-0.25, -0.2) is 13.4 Å². The average molecular weight is 498 g/mol. The van der Waals surface area contributed by atoms with Crippen LogP contribution in [-0.4, -0.2) is 42.5 Å². The van der Waals surface area contributed by atoms with Crippen LogP contribution < -0.4 is 15.0 Å². The number of carbonyl (C=O) groups excluding carboxylic acids is 2. The van der Waals surface area contributed by atoms with Crippen LogP contribution in [0, 0.1) is 0 Å². The Balaban J connectivity index is 1.66. The molecule has 1 fully saturated rings. The van der Waals surface area contributed by atoms with Gasteiger partial charge in [0.15, 0.2) is 0 Å². The molecular formula is C21H21F2N3O5S2. The first-order valence-corrected chi connectivity index (χ1v) is 13.0. The molecule has 0 saturated carbocycles. The van der Waals surface area contributed by atoms with Gasteiger partial charge in [-0.2, -0.15) is 8.78 Å². The number of carbonyl (C=O) groups is 2. The maximum Gasteiger partial charge on any atom is 0.387 e. The molecule has 8 nitrogen and oxygen atoms in total. The number of fused-ring (bicyclic) bond motifs is 1. The van der Waals surface area contributed by atoms with Crippen LogP contribution in [0.2, 0.25) is 0 Å². The lowest BCUT2D eigenvalue weighted by molar-refractivity contribution is -0.121. The Hall–Kier alpha value is -2.73. The highest BCUT2D eigenvalue weighted by Gasteiger charge is 2.46. The molecule has 176 valence electrons. The van der Waals surface area contributed by atoms with Crippen LogP contribution in [0.25, 0.3) is 0 Å². The first-order chi connectivity index (χ1) is 15.3. The molecule has 3 heterocycles. The van der Waals surface area contributed by atoms with Crippen LogP contribution in [0.15, 0.2) is 36.5 Å². The summed E-state index contributed by atoms with van der Waals surface area (Å²) in [5, 5.41) is 2.74. The highest BCUT2D eigenvalue weighted by molar-refractivity contribution is 8.73. The van der Waals surface area contributed by atoms with Crippen LogP contribution in [-0.2, 0) is 19.1 Å². The summed E-state index contributed by atoms with van der Waals surface area (Å²) in [5.74, 6) is -0.705. The van der Waals surface area contributed by atoms with Crippen LogP contribution in [0.5, 0.6) is 5.75 Å². The molecule has 1 atom stereocenters. The summed E-state index contributed by atoms with van der Waals surface area (Å²) in [6, 6.07) is 7.27. The summed E-state index contributed by atoms with van der Waals surface area (Å²) < 4.78 is 53.3. The van der Waals surface area contributed by atoms with E-state index in [0.717, 1.165) is 0 Å². The number of nitrogens with one attached hydrogen (secondary N) is 1. The first-order valence-electron chi connectivity index (χ1n) is 9.97. The Morgan fingerprint density at radius 3 is 2.64 bits per heavy atom. The molecule has 0 aliphatic carbocycles. The van der Waals surface area contributed by atoms with Gasteiger partial charge in [-0.05, 0) is 56.2 Å². The second kappa shape index (κ2) is 7.94. The van der Waals surface area contributed by atoms with Gasteiger partial charge in [-0.1, -0.05) is 6.07 Å². The predicted molar refractivity (Wildman–Crippen MR) is 119 cm³/mol. The molecule has 1 aromatic carbocycles. The summed E-state index contributed by atoms with van der Waals surface area (Å²) >= 11 is 0. The lowest BCUT2D eigenvalue weighted by Crippen LogP contribution is -2.41. The van der Waals surface area contributed by atoms with Crippen LogP contribution in [0.4, 0.5) is 20.3 Å². The number of benzene rings is 1. The van der Waals surface area contributed by atoms with Crippen LogP contribution >= 0.6 is 10.8 Å². The molecule has 2 aromatic rings. The number of amides is 2. The third kappa shape index (κ3) is 4.41. The molecule has 2 amide bonds. The standard InChI is InChI=1S/C21H21F2N3O5S2/c1-20(2)15-9-12(17(27)25-21(3)7-8-33(29,30)32-21)11-24-16(15)26(18(20)28)13-5-4-6-14(10-13)31-19(22)23/h4-6,9-11,19H,7-8H2,1-3H3,(H,25,27)/t21-/m0/s1. The highest BCUT2D eigenvalue weighted by Crippen LogP contribution is 2.45. The summed E-state index contributed by atoms with van der Waals surface area (Å²) in [6.07, 6.45) is 1.58. The number of halogens is 2. The zero-order valence-electron chi connectivity index (χ0n) is 18.0. The molecule has 2 aliphatic heterocycles. The largest absolute Gasteiger partial charge is 0.435 e. The van der Waals surface area contributed by atoms with E-state index in [9.17, 15) is 26.8 Å². The SMILES string of the molecule is CC1(C)C(=O)N(c2cccc(OC(F)F)c2)c2ncc(C(=O)N[C@]3(C)CCS(=O)(=O)S3)cc21. The van der Waals surface area contributed by atoms with Crippen molar-refractivity contribution in [1.29, 1.82) is 0 Å². The summed E-state index contributed by atoms with van der Waals surface area (Å²) in [6.45, 7) is 1.99. The van der Waals surface area contributed by atoms with E-state index in [-0.39, 0.29) is 35.2 Å². The molecule has 0 bridgehead atoms. The van der Waals surface area contributed by atoms with E-state index in [2.05, 4.69) is 15.0 Å². The molecular weight excluding hydrogens is 476 g/mol. The number of alkyl halides is 2. The summed E-state index contributed by atoms with van der Waals surface area (Å²) in [5.41, 5.74) is -0.0857. The van der Waals surface area contributed by atoms with Crippen molar-refractivity contribution in [2.45, 2.75) is 44.1 Å². The lowest BCUT2D eigenvalue weighted by Gasteiger charge is -2.23. The van der Waals surface area contributed by atoms with Gasteiger partial charge in [-0.15, -0.1) is 0 Å². The second-order valence-electron chi connectivity index (χ2n) is 8.52. The van der Waals surface area contributed by atoms with E-state index in [4.69, 9.17) is 0 Å². The quantitative estimate of drug-likeness (QED) is 0.630. The summed E-state index contributed by atoms with van der Waals surface area (Å²) in [4.78, 5) is 30.8. The number of pyridine rings is 1. The number of rotatable bonds is 5. The van der Waals surface area contributed by atoms with Crippen molar-refractivity contribution in [3.05, 3.63) is 47.7 Å². The monoisotopic (exact) mass is 497 g/mol. The van der Waals surface area contributed by atoms with E-state index in [1.165, 1.54) is 29.3 Å². The number of anilines is 2. The predicted octanol–water partition coefficient (Wildman–Crippen LogP) is 3.55. The fourth-order valence-electron chi connectivity index (χ4n) is 3.83. The maximum atomic E-state index is 13.2. The van der Waals surface area contributed by atoms with Crippen molar-refractivity contribution in [3.63, 3.8) is 0 Å². The van der Waals surface area contributed by atoms with Gasteiger partial charge >= 0.3 is 6.61 Å². The molecule has 0 spiro atoms. The average Bonchev–Trinajstić information content (AvgIpc) is 3.10. The van der Waals surface area contributed by atoms with E-state index in [1.807, 2.05) is 0 Å². The highest BCUT2D eigenvalue weighted by atomic mass is 33.1. The second-order valence-corrected chi connectivity index (χ2v) is 13.1. The van der Waals surface area contributed by atoms with Crippen molar-refractivity contribution >= 4 is 43.0 Å². The minimum absolute atomic E-state index is 0.0261. The van der Waals surface area contributed by atoms with Crippen molar-refractivity contribution in [3.8, 4) is 5.75 Å². The topological polar surface area (TPSA) is 106 Å². The zero-order chi connectivity index (χ0) is 24.2. The zero-order valence-corrected chi connectivity index (χ0v) is 19.6. The van der Waals surface area contributed by atoms with Crippen molar-refractivity contribution in [2.24, 2.45) is 0 Å². The fraction of sp³-hybridized carbons (Fsp3) is 0.381. The van der Waals surface area contributed by atoms with Gasteiger partial charge in [0, 0.05) is 17.8 Å². The van der Waals surface area contributed by atoms with Gasteiger partial charge in [-0.3, -0.25) is 14.5 Å². The molecule has 1 saturated heterocycles. The smallest absolute Gasteiger partial charge is 0.387 e. The summed E-state index contributed by atoms with van der Waals surface area (Å²) in [7, 11) is -2.57. The van der Waals surface area contributed by atoms with Crippen LogP contribution in [0.3, 0.4) is 0 Å². The Morgan fingerprint density at radius 1 is 1.27 bits per heavy atom. The molecule has 1 aromatic heterocycles. The molecule has 2 aliphatic rings. The van der Waals surface area contributed by atoms with E-state index in [1.54, 1.807) is 32.9 Å². The molecule has 1 N–H and O–H groups in total. The number of aromatic nitrogens is 1. The minimum Gasteiger partial charge on any atom is -0.435 e. The molecule has 4 rings (SSSR count). The van der Waals surface area contributed by atoms with Crippen molar-refractivity contribution in [1.82, 2.24) is 10.3 Å². The molecule has 0 radical (unpaired) electrons. The van der Waals surface area contributed by atoms with E-state index in [0.29, 0.717) is 22.0 Å². The Labute approximate surface area is 193 Å². The van der Waals surface area contributed by atoms with Crippen molar-refractivity contribution < 1.29 is 31.5 Å². The van der Waals surface area contributed by atoms with Gasteiger partial charge in [0.05, 0.1) is 27.3 Å². The number of hydrogen-bond acceptors (Lipinski definition) is 7. The maximum absolute atomic E-state index is 13.2. The van der Waals surface area contributed by atoms with Gasteiger partial charge in [0.1, 0.15) is 11.6 Å². The number of ether oxygens (including phenoxy) is 1. The Bertz CT molecular complexity index is 1250. The third-order valence-electron chi connectivity index (χ3n) is 5.57. The first kappa shape index (κ1) is 23.4. The third-order valence-corrected chi connectivity index (χ3v) is 9.57. The Morgan fingerprint density at radius 2 is 2.00 bits per heavy atom. The fourth-order valence-corrected chi connectivity index (χ4v) is 8.14. The number of nitrogens with zero attached hydrogens (tertiary/aromatic N) is 2. The minimum atomic E-state index is -3.29. The Kier molecular flexibility index (Phi) is 5.64. The van der Waals surface area contributed by atoms with E-state index >= 15 is 0 Å². The molecule has 0 unspecified atom stereocenters. The van der Waals surface area contributed by atoms with Gasteiger partial charge in [0.2, 0.25) is 14.8 Å². The lowest BCUT2D eigenvalue weighted by atomic mass is 9.86. The van der Waals surface area contributed by atoms with Crippen molar-refractivity contribution in [2.75, 3.05) is 10.7 Å². The van der Waals surface area contributed by atoms with E-state index < -0.39 is 31.7 Å². The molecule has 12 heteroatoms. The molecule has 33 heavy (non-hydrogen) atoms. The van der Waals surface area contributed by atoms with Gasteiger partial charge in [0.25, 0.3) is 5.91 Å². The van der Waals surface area contributed by atoms with Crippen LogP contribution in [0.1, 0.15) is 43.1 Å². The normalized spacial score (nSPS) is 23.0. The van der Waals surface area contributed by atoms with Gasteiger partial charge < -0.3 is 10.1 Å².